The zero-order chi connectivity index (χ0) is 25.8. The molecule has 2 amide bonds. The number of nitrogens with zero attached hydrogens (tertiary/aromatic N) is 4. The molecular formula is C32H24N4O2. The van der Waals surface area contributed by atoms with Crippen LogP contribution in [-0.2, 0) is 22.4 Å². The van der Waals surface area contributed by atoms with E-state index in [9.17, 15) is 9.59 Å². The zero-order valence-electron chi connectivity index (χ0n) is 20.7. The van der Waals surface area contributed by atoms with Gasteiger partial charge >= 0.3 is 0 Å². The SMILES string of the molecule is C=CC(=O)N1CCc2ccc(N3C(=O)CCc4cnc5ccc(-c6cnc7ccccc7c6)cc5c43)cc21. The summed E-state index contributed by atoms with van der Waals surface area (Å²) in [7, 11) is 0. The molecule has 184 valence electrons. The van der Waals surface area contributed by atoms with E-state index in [1.54, 1.807) is 9.80 Å². The lowest BCUT2D eigenvalue weighted by molar-refractivity contribution is -0.118. The van der Waals surface area contributed by atoms with Gasteiger partial charge < -0.3 is 4.90 Å². The molecule has 2 aliphatic heterocycles. The Balaban J connectivity index is 1.39. The van der Waals surface area contributed by atoms with Crippen LogP contribution in [0.3, 0.4) is 0 Å². The normalized spacial score (nSPS) is 14.6. The molecule has 0 atom stereocenters. The highest BCUT2D eigenvalue weighted by Gasteiger charge is 2.30. The number of amides is 2. The second-order valence-electron chi connectivity index (χ2n) is 9.77. The van der Waals surface area contributed by atoms with Crippen molar-refractivity contribution in [2.75, 3.05) is 16.3 Å². The highest BCUT2D eigenvalue weighted by Crippen LogP contribution is 2.42. The Labute approximate surface area is 219 Å². The minimum atomic E-state index is -0.130. The van der Waals surface area contributed by atoms with Gasteiger partial charge in [-0.05, 0) is 72.0 Å². The molecule has 0 aliphatic carbocycles. The summed E-state index contributed by atoms with van der Waals surface area (Å²) in [6, 6.07) is 22.3. The van der Waals surface area contributed by atoms with Crippen molar-refractivity contribution in [3.63, 3.8) is 0 Å². The number of anilines is 3. The summed E-state index contributed by atoms with van der Waals surface area (Å²) in [6.07, 6.45) is 6.94. The predicted octanol–water partition coefficient (Wildman–Crippen LogP) is 6.14. The van der Waals surface area contributed by atoms with E-state index < -0.39 is 0 Å². The lowest BCUT2D eigenvalue weighted by Crippen LogP contribution is -2.31. The number of aryl methyl sites for hydroxylation is 1. The fraction of sp³-hybridized carbons (Fsp3) is 0.125. The molecule has 3 aromatic carbocycles. The second kappa shape index (κ2) is 8.63. The maximum absolute atomic E-state index is 13.5. The highest BCUT2D eigenvalue weighted by atomic mass is 16.2. The Morgan fingerprint density at radius 1 is 0.842 bits per heavy atom. The molecule has 0 radical (unpaired) electrons. The molecule has 38 heavy (non-hydrogen) atoms. The van der Waals surface area contributed by atoms with Crippen molar-refractivity contribution in [3.8, 4) is 11.1 Å². The summed E-state index contributed by atoms with van der Waals surface area (Å²) in [5.41, 5.74) is 8.39. The first kappa shape index (κ1) is 22.4. The van der Waals surface area contributed by atoms with Gasteiger partial charge in [-0.15, -0.1) is 0 Å². The summed E-state index contributed by atoms with van der Waals surface area (Å²) in [6.45, 7) is 4.26. The first-order valence-corrected chi connectivity index (χ1v) is 12.8. The summed E-state index contributed by atoms with van der Waals surface area (Å²) in [5, 5.41) is 1.99. The number of hydrogen-bond acceptors (Lipinski definition) is 4. The van der Waals surface area contributed by atoms with Crippen molar-refractivity contribution in [3.05, 3.63) is 103 Å². The van der Waals surface area contributed by atoms with Gasteiger partial charge in [0.2, 0.25) is 11.8 Å². The average molecular weight is 497 g/mol. The molecule has 0 bridgehead atoms. The molecule has 0 N–H and O–H groups in total. The lowest BCUT2D eigenvalue weighted by atomic mass is 9.96. The van der Waals surface area contributed by atoms with E-state index >= 15 is 0 Å². The average Bonchev–Trinajstić information content (AvgIpc) is 3.39. The number of aromatic nitrogens is 2. The molecule has 0 saturated heterocycles. The zero-order valence-corrected chi connectivity index (χ0v) is 20.7. The Bertz CT molecular complexity index is 1810. The number of fused-ring (bicyclic) bond motifs is 5. The Morgan fingerprint density at radius 3 is 2.61 bits per heavy atom. The molecule has 0 saturated carbocycles. The molecule has 2 aliphatic rings. The Hall–Kier alpha value is -4.84. The molecule has 0 fully saturated rings. The molecule has 7 rings (SSSR count). The van der Waals surface area contributed by atoms with Gasteiger partial charge in [-0.2, -0.15) is 0 Å². The standard InChI is InChI=1S/C32H24N4O2/c1-2-30(37)35-14-13-20-7-10-25(17-29(20)35)36-31(38)12-9-23-18-34-28-11-8-21(16-26(28)32(23)36)24-15-22-5-3-4-6-27(22)33-19-24/h2-8,10-11,15-19H,1,9,12-14H2. The lowest BCUT2D eigenvalue weighted by Gasteiger charge is -2.31. The maximum atomic E-state index is 13.5. The number of carbonyl (C=O) groups is 2. The maximum Gasteiger partial charge on any atom is 0.250 e. The number of carbonyl (C=O) groups excluding carboxylic acids is 2. The second-order valence-corrected chi connectivity index (χ2v) is 9.77. The van der Waals surface area contributed by atoms with Crippen LogP contribution in [-0.4, -0.2) is 28.3 Å². The summed E-state index contributed by atoms with van der Waals surface area (Å²) >= 11 is 0. The highest BCUT2D eigenvalue weighted by molar-refractivity contribution is 6.12. The van der Waals surface area contributed by atoms with E-state index in [1.807, 2.05) is 54.9 Å². The molecule has 4 heterocycles. The summed E-state index contributed by atoms with van der Waals surface area (Å²) in [5.74, 6) is -0.100. The van der Waals surface area contributed by atoms with E-state index in [2.05, 4.69) is 35.8 Å². The summed E-state index contributed by atoms with van der Waals surface area (Å²) < 4.78 is 0. The van der Waals surface area contributed by atoms with Crippen LogP contribution in [0.1, 0.15) is 17.5 Å². The number of rotatable bonds is 3. The van der Waals surface area contributed by atoms with Crippen LogP contribution >= 0.6 is 0 Å². The number of para-hydroxylation sites is 1. The molecule has 0 unspecified atom stereocenters. The van der Waals surface area contributed by atoms with E-state index in [0.717, 1.165) is 67.5 Å². The van der Waals surface area contributed by atoms with Crippen LogP contribution in [0.15, 0.2) is 91.8 Å². The van der Waals surface area contributed by atoms with Crippen LogP contribution in [0.25, 0.3) is 32.9 Å². The van der Waals surface area contributed by atoms with Gasteiger partial charge in [0.15, 0.2) is 0 Å². The Morgan fingerprint density at radius 2 is 1.71 bits per heavy atom. The van der Waals surface area contributed by atoms with E-state index in [0.29, 0.717) is 19.4 Å². The van der Waals surface area contributed by atoms with Crippen molar-refractivity contribution in [1.82, 2.24) is 9.97 Å². The van der Waals surface area contributed by atoms with E-state index in [1.165, 1.54) is 6.08 Å². The van der Waals surface area contributed by atoms with Gasteiger partial charge in [0, 0.05) is 47.4 Å². The number of benzene rings is 3. The monoisotopic (exact) mass is 496 g/mol. The first-order chi connectivity index (χ1) is 18.6. The van der Waals surface area contributed by atoms with Crippen LogP contribution in [0.4, 0.5) is 17.1 Å². The van der Waals surface area contributed by atoms with Gasteiger partial charge in [-0.3, -0.25) is 24.5 Å². The van der Waals surface area contributed by atoms with Gasteiger partial charge in [-0.25, -0.2) is 0 Å². The molecular weight excluding hydrogens is 472 g/mol. The van der Waals surface area contributed by atoms with E-state index in [4.69, 9.17) is 4.98 Å². The van der Waals surface area contributed by atoms with Crippen LogP contribution in [0, 0.1) is 0 Å². The van der Waals surface area contributed by atoms with Crippen molar-refractivity contribution in [2.24, 2.45) is 0 Å². The largest absolute Gasteiger partial charge is 0.308 e. The fourth-order valence-corrected chi connectivity index (χ4v) is 5.67. The van der Waals surface area contributed by atoms with E-state index in [-0.39, 0.29) is 11.8 Å². The molecule has 2 aromatic heterocycles. The van der Waals surface area contributed by atoms with Gasteiger partial charge in [0.25, 0.3) is 0 Å². The van der Waals surface area contributed by atoms with Crippen LogP contribution in [0.5, 0.6) is 0 Å². The quantitative estimate of drug-likeness (QED) is 0.282. The van der Waals surface area contributed by atoms with Crippen LogP contribution < -0.4 is 9.80 Å². The van der Waals surface area contributed by atoms with Gasteiger partial charge in [0.05, 0.1) is 22.4 Å². The predicted molar refractivity (Wildman–Crippen MR) is 151 cm³/mol. The first-order valence-electron chi connectivity index (χ1n) is 12.8. The molecule has 0 spiro atoms. The smallest absolute Gasteiger partial charge is 0.250 e. The number of pyridine rings is 2. The molecule has 5 aromatic rings. The van der Waals surface area contributed by atoms with Crippen molar-refractivity contribution in [1.29, 1.82) is 0 Å². The fourth-order valence-electron chi connectivity index (χ4n) is 5.67. The van der Waals surface area contributed by atoms with Crippen molar-refractivity contribution >= 4 is 50.7 Å². The third-order valence-electron chi connectivity index (χ3n) is 7.58. The molecule has 6 heteroatoms. The van der Waals surface area contributed by atoms with Crippen molar-refractivity contribution in [2.45, 2.75) is 19.3 Å². The topological polar surface area (TPSA) is 66.4 Å². The number of hydrogen-bond donors (Lipinski definition) is 0. The summed E-state index contributed by atoms with van der Waals surface area (Å²) in [4.78, 5) is 38.8. The Kier molecular flexibility index (Phi) is 5.08. The van der Waals surface area contributed by atoms with Crippen molar-refractivity contribution < 1.29 is 9.59 Å². The van der Waals surface area contributed by atoms with Gasteiger partial charge in [-0.1, -0.05) is 36.9 Å². The minimum Gasteiger partial charge on any atom is -0.308 e. The van der Waals surface area contributed by atoms with Gasteiger partial charge in [0.1, 0.15) is 0 Å². The third kappa shape index (κ3) is 3.49. The molecule has 6 nitrogen and oxygen atoms in total. The van der Waals surface area contributed by atoms with Crippen LogP contribution in [0.2, 0.25) is 0 Å². The minimum absolute atomic E-state index is 0.0299. The third-order valence-corrected chi connectivity index (χ3v) is 7.58.